The minimum Gasteiger partial charge on any atom is -0.309 e. The Bertz CT molecular complexity index is 2690. The lowest BCUT2D eigenvalue weighted by Crippen LogP contribution is -1.94. The number of aromatic nitrogens is 1. The largest absolute Gasteiger partial charge is 0.309 e. The van der Waals surface area contributed by atoms with Crippen molar-refractivity contribution in [1.82, 2.24) is 4.57 Å². The standard InChI is InChI=1S/C40H19N5S/c1-43-32-12-5-8-25(22-41)38(32)24-16-18-34-31(20-24)40-29(39-26(23-42)9-6-13-33(39)44-2)11-7-14-35(40)45(34)27-17-19-37-30(21-27)28-10-3-4-15-36(28)46-37/h3-21H. The SMILES string of the molecule is [C-]#[N+]c1cccc(C#N)c1-c1ccc2c(c1)c1c(-c3c(C#N)cccc3[N+]#[C-])cccc1n2-c1ccc2sc3ccccc3c2c1. The van der Waals surface area contributed by atoms with E-state index in [1.165, 1.54) is 20.2 Å². The van der Waals surface area contributed by atoms with E-state index in [0.717, 1.165) is 38.6 Å². The Morgan fingerprint density at radius 2 is 1.28 bits per heavy atom. The van der Waals surface area contributed by atoms with Gasteiger partial charge in [-0.15, -0.1) is 11.3 Å². The average Bonchev–Trinajstić information content (AvgIpc) is 3.65. The van der Waals surface area contributed by atoms with Gasteiger partial charge in [0.15, 0.2) is 11.4 Å². The fraction of sp³-hybridized carbons (Fsp3) is 0. The summed E-state index contributed by atoms with van der Waals surface area (Å²) >= 11 is 1.77. The molecule has 8 rings (SSSR count). The van der Waals surface area contributed by atoms with Gasteiger partial charge in [-0.3, -0.25) is 0 Å². The number of thiophene rings is 1. The van der Waals surface area contributed by atoms with Crippen LogP contribution in [0.25, 0.3) is 79.6 Å². The number of hydrogen-bond donors (Lipinski definition) is 0. The summed E-state index contributed by atoms with van der Waals surface area (Å²) in [6.07, 6.45) is 0. The average molecular weight is 602 g/mol. The summed E-state index contributed by atoms with van der Waals surface area (Å²) in [6.45, 7) is 15.7. The van der Waals surface area contributed by atoms with E-state index in [0.29, 0.717) is 33.6 Å². The van der Waals surface area contributed by atoms with Crippen LogP contribution in [0.2, 0.25) is 0 Å². The zero-order chi connectivity index (χ0) is 31.4. The Labute approximate surface area is 268 Å². The van der Waals surface area contributed by atoms with Gasteiger partial charge in [0.2, 0.25) is 0 Å². The molecule has 0 spiro atoms. The number of fused-ring (bicyclic) bond motifs is 6. The molecule has 6 aromatic carbocycles. The van der Waals surface area contributed by atoms with Gasteiger partial charge in [-0.25, -0.2) is 9.69 Å². The van der Waals surface area contributed by atoms with E-state index in [1.807, 2.05) is 30.3 Å². The molecule has 0 bridgehead atoms. The highest BCUT2D eigenvalue weighted by molar-refractivity contribution is 7.25. The van der Waals surface area contributed by atoms with Crippen LogP contribution in [-0.4, -0.2) is 4.57 Å². The van der Waals surface area contributed by atoms with Crippen LogP contribution < -0.4 is 0 Å². The van der Waals surface area contributed by atoms with Crippen molar-refractivity contribution in [3.63, 3.8) is 0 Å². The zero-order valence-electron chi connectivity index (χ0n) is 24.1. The van der Waals surface area contributed by atoms with Gasteiger partial charge >= 0.3 is 0 Å². The zero-order valence-corrected chi connectivity index (χ0v) is 24.9. The van der Waals surface area contributed by atoms with Crippen molar-refractivity contribution in [1.29, 1.82) is 10.5 Å². The highest BCUT2D eigenvalue weighted by Crippen LogP contribution is 2.45. The van der Waals surface area contributed by atoms with Crippen molar-refractivity contribution in [2.45, 2.75) is 0 Å². The molecule has 46 heavy (non-hydrogen) atoms. The second-order valence-corrected chi connectivity index (χ2v) is 12.0. The fourth-order valence-corrected chi connectivity index (χ4v) is 7.69. The minimum absolute atomic E-state index is 0.403. The normalized spacial score (nSPS) is 11.0. The molecule has 0 fully saturated rings. The van der Waals surface area contributed by atoms with E-state index >= 15 is 0 Å². The molecule has 0 aliphatic heterocycles. The molecule has 2 heterocycles. The van der Waals surface area contributed by atoms with Crippen LogP contribution in [0, 0.1) is 35.8 Å². The predicted octanol–water partition coefficient (Wildman–Crippen LogP) is 11.3. The van der Waals surface area contributed by atoms with E-state index in [2.05, 4.69) is 74.9 Å². The number of nitriles is 2. The van der Waals surface area contributed by atoms with Crippen molar-refractivity contribution in [3.8, 4) is 40.1 Å². The molecule has 2 aromatic heterocycles. The Morgan fingerprint density at radius 1 is 0.587 bits per heavy atom. The van der Waals surface area contributed by atoms with Crippen LogP contribution >= 0.6 is 11.3 Å². The summed E-state index contributed by atoms with van der Waals surface area (Å²) in [5.74, 6) is 0. The van der Waals surface area contributed by atoms with E-state index in [-0.39, 0.29) is 0 Å². The molecular weight excluding hydrogens is 583 g/mol. The maximum absolute atomic E-state index is 10.1. The molecule has 0 unspecified atom stereocenters. The molecule has 0 N–H and O–H groups in total. The third kappa shape index (κ3) is 3.90. The number of hydrogen-bond acceptors (Lipinski definition) is 3. The van der Waals surface area contributed by atoms with Gasteiger partial charge in [0.1, 0.15) is 0 Å². The van der Waals surface area contributed by atoms with Crippen molar-refractivity contribution in [2.24, 2.45) is 0 Å². The molecular formula is C40H19N5S. The monoisotopic (exact) mass is 601 g/mol. The third-order valence-corrected chi connectivity index (χ3v) is 9.69. The molecule has 0 amide bonds. The van der Waals surface area contributed by atoms with Crippen LogP contribution in [0.3, 0.4) is 0 Å². The number of benzene rings is 6. The Hall–Kier alpha value is -6.70. The third-order valence-electron chi connectivity index (χ3n) is 8.53. The Kier molecular flexibility index (Phi) is 6.13. The second-order valence-electron chi connectivity index (χ2n) is 10.9. The van der Waals surface area contributed by atoms with Crippen LogP contribution in [0.4, 0.5) is 11.4 Å². The highest BCUT2D eigenvalue weighted by Gasteiger charge is 2.22. The van der Waals surface area contributed by atoms with Gasteiger partial charge in [-0.2, -0.15) is 10.5 Å². The molecule has 210 valence electrons. The second kappa shape index (κ2) is 10.5. The summed E-state index contributed by atoms with van der Waals surface area (Å²) in [7, 11) is 0. The van der Waals surface area contributed by atoms with Gasteiger partial charge in [0.25, 0.3) is 0 Å². The Morgan fingerprint density at radius 3 is 2.04 bits per heavy atom. The molecule has 0 saturated heterocycles. The lowest BCUT2D eigenvalue weighted by molar-refractivity contribution is 1.19. The van der Waals surface area contributed by atoms with E-state index < -0.39 is 0 Å². The van der Waals surface area contributed by atoms with E-state index in [9.17, 15) is 10.5 Å². The van der Waals surface area contributed by atoms with Crippen LogP contribution in [0.5, 0.6) is 0 Å². The minimum atomic E-state index is 0.403. The van der Waals surface area contributed by atoms with Gasteiger partial charge in [0, 0.05) is 58.9 Å². The van der Waals surface area contributed by atoms with Crippen molar-refractivity contribution in [3.05, 3.63) is 149 Å². The summed E-state index contributed by atoms with van der Waals surface area (Å²) < 4.78 is 4.66. The molecule has 0 atom stereocenters. The predicted molar refractivity (Wildman–Crippen MR) is 186 cm³/mol. The Balaban J connectivity index is 1.52. The number of nitrogens with zero attached hydrogens (tertiary/aromatic N) is 5. The maximum Gasteiger partial charge on any atom is 0.196 e. The van der Waals surface area contributed by atoms with Crippen molar-refractivity contribution >= 4 is 64.7 Å². The molecule has 5 nitrogen and oxygen atoms in total. The van der Waals surface area contributed by atoms with E-state index in [4.69, 9.17) is 13.1 Å². The highest BCUT2D eigenvalue weighted by atomic mass is 32.1. The molecule has 0 aliphatic carbocycles. The smallest absolute Gasteiger partial charge is 0.196 e. The first-order chi connectivity index (χ1) is 22.6. The first-order valence-electron chi connectivity index (χ1n) is 14.5. The fourth-order valence-electron chi connectivity index (χ4n) is 6.61. The molecule has 6 heteroatoms. The molecule has 0 saturated carbocycles. The van der Waals surface area contributed by atoms with Crippen molar-refractivity contribution in [2.75, 3.05) is 0 Å². The lowest BCUT2D eigenvalue weighted by atomic mass is 9.92. The van der Waals surface area contributed by atoms with Gasteiger partial charge in [-0.05, 0) is 65.7 Å². The van der Waals surface area contributed by atoms with Crippen LogP contribution in [0.15, 0.2) is 115 Å². The van der Waals surface area contributed by atoms with Gasteiger partial charge < -0.3 is 4.57 Å². The molecule has 0 radical (unpaired) electrons. The van der Waals surface area contributed by atoms with Gasteiger partial charge in [0.05, 0.1) is 36.3 Å². The summed E-state index contributed by atoms with van der Waals surface area (Å²) in [5, 5.41) is 24.3. The van der Waals surface area contributed by atoms with Gasteiger partial charge in [-0.1, -0.05) is 60.7 Å². The molecule has 8 aromatic rings. The topological polar surface area (TPSA) is 61.2 Å². The summed E-state index contributed by atoms with van der Waals surface area (Å²) in [4.78, 5) is 7.53. The van der Waals surface area contributed by atoms with Crippen molar-refractivity contribution < 1.29 is 0 Å². The lowest BCUT2D eigenvalue weighted by Gasteiger charge is -2.11. The van der Waals surface area contributed by atoms with Crippen LogP contribution in [-0.2, 0) is 0 Å². The first-order valence-corrected chi connectivity index (χ1v) is 15.3. The molecule has 0 aliphatic rings. The van der Waals surface area contributed by atoms with E-state index in [1.54, 1.807) is 47.7 Å². The van der Waals surface area contributed by atoms with Crippen LogP contribution in [0.1, 0.15) is 11.1 Å². The quantitative estimate of drug-likeness (QED) is 0.189. The first kappa shape index (κ1) is 26.9. The summed E-state index contributed by atoms with van der Waals surface area (Å²) in [5.41, 5.74) is 7.21. The number of rotatable bonds is 3. The maximum atomic E-state index is 10.1. The summed E-state index contributed by atoms with van der Waals surface area (Å²) in [6, 6.07) is 42.0.